The van der Waals surface area contributed by atoms with Crippen molar-refractivity contribution in [1.29, 1.82) is 0 Å². The molecule has 0 aromatic rings. The second-order valence-corrected chi connectivity index (χ2v) is 5.84. The molecule has 1 N–H and O–H groups in total. The molecule has 2 aliphatic rings. The van der Waals surface area contributed by atoms with Crippen molar-refractivity contribution in [1.82, 2.24) is 5.32 Å². The highest BCUT2D eigenvalue weighted by molar-refractivity contribution is 4.79. The Morgan fingerprint density at radius 1 is 1.06 bits per heavy atom. The van der Waals surface area contributed by atoms with Crippen LogP contribution in [-0.4, -0.2) is 25.3 Å². The van der Waals surface area contributed by atoms with Crippen molar-refractivity contribution in [2.24, 2.45) is 11.8 Å². The lowest BCUT2D eigenvalue weighted by Gasteiger charge is -2.26. The van der Waals surface area contributed by atoms with E-state index >= 15 is 0 Å². The molecule has 1 aliphatic carbocycles. The molecule has 1 heterocycles. The lowest BCUT2D eigenvalue weighted by Crippen LogP contribution is -2.36. The van der Waals surface area contributed by atoms with E-state index in [0.29, 0.717) is 12.1 Å². The van der Waals surface area contributed by atoms with Crippen LogP contribution in [0.2, 0.25) is 0 Å². The summed E-state index contributed by atoms with van der Waals surface area (Å²) in [4.78, 5) is 0. The van der Waals surface area contributed by atoms with E-state index < -0.39 is 0 Å². The Hall–Kier alpha value is -0.0800. The monoisotopic (exact) mass is 225 g/mol. The van der Waals surface area contributed by atoms with Crippen molar-refractivity contribution < 1.29 is 4.74 Å². The molecule has 16 heavy (non-hydrogen) atoms. The molecule has 2 unspecified atom stereocenters. The molecule has 0 aromatic carbocycles. The van der Waals surface area contributed by atoms with Gasteiger partial charge in [0.05, 0.1) is 6.10 Å². The molecular formula is C14H27NO. The zero-order valence-electron chi connectivity index (χ0n) is 10.9. The van der Waals surface area contributed by atoms with Crippen LogP contribution in [0.1, 0.15) is 52.4 Å². The number of ether oxygens (including phenoxy) is 1. The number of hydrogen-bond donors (Lipinski definition) is 1. The van der Waals surface area contributed by atoms with E-state index in [0.717, 1.165) is 18.4 Å². The second-order valence-electron chi connectivity index (χ2n) is 5.84. The average Bonchev–Trinajstić information content (AvgIpc) is 2.68. The summed E-state index contributed by atoms with van der Waals surface area (Å²) in [6, 6.07) is 0.613. The zero-order valence-corrected chi connectivity index (χ0v) is 10.9. The third-order valence-corrected chi connectivity index (χ3v) is 4.47. The fourth-order valence-corrected chi connectivity index (χ4v) is 3.09. The first-order valence-corrected chi connectivity index (χ1v) is 7.10. The van der Waals surface area contributed by atoms with Crippen molar-refractivity contribution in [3.63, 3.8) is 0 Å². The van der Waals surface area contributed by atoms with Gasteiger partial charge in [-0.1, -0.05) is 32.6 Å². The smallest absolute Gasteiger partial charge is 0.0700 e. The molecule has 2 heteroatoms. The molecule has 0 aromatic heterocycles. The Bertz CT molecular complexity index is 199. The highest BCUT2D eigenvalue weighted by Gasteiger charge is 2.24. The Morgan fingerprint density at radius 3 is 2.44 bits per heavy atom. The summed E-state index contributed by atoms with van der Waals surface area (Å²) in [5, 5.41) is 3.66. The summed E-state index contributed by atoms with van der Waals surface area (Å²) in [7, 11) is 0. The predicted octanol–water partition coefficient (Wildman–Crippen LogP) is 2.97. The van der Waals surface area contributed by atoms with Crippen LogP contribution in [0, 0.1) is 11.8 Å². The van der Waals surface area contributed by atoms with Crippen molar-refractivity contribution in [3.05, 3.63) is 0 Å². The summed E-state index contributed by atoms with van der Waals surface area (Å²) in [5.41, 5.74) is 0. The van der Waals surface area contributed by atoms with Crippen molar-refractivity contribution in [2.45, 2.75) is 64.5 Å². The maximum Gasteiger partial charge on any atom is 0.0700 e. The Morgan fingerprint density at radius 2 is 1.81 bits per heavy atom. The SMILES string of the molecule is CC1CCC(CCNC2CCOC2C)CC1. The minimum absolute atomic E-state index is 0.423. The maximum absolute atomic E-state index is 5.56. The van der Waals surface area contributed by atoms with Crippen LogP contribution in [-0.2, 0) is 4.74 Å². The van der Waals surface area contributed by atoms with E-state index in [4.69, 9.17) is 4.74 Å². The predicted molar refractivity (Wildman–Crippen MR) is 67.6 cm³/mol. The van der Waals surface area contributed by atoms with E-state index in [1.807, 2.05) is 0 Å². The van der Waals surface area contributed by atoms with Gasteiger partial charge in [0, 0.05) is 12.6 Å². The topological polar surface area (TPSA) is 21.3 Å². The lowest BCUT2D eigenvalue weighted by molar-refractivity contribution is 0.112. The Kier molecular flexibility index (Phi) is 4.66. The van der Waals surface area contributed by atoms with E-state index in [2.05, 4.69) is 19.2 Å². The number of nitrogens with one attached hydrogen (secondary N) is 1. The molecule has 1 saturated heterocycles. The Balaban J connectivity index is 1.57. The first-order valence-electron chi connectivity index (χ1n) is 7.10. The van der Waals surface area contributed by atoms with Crippen LogP contribution in [0.5, 0.6) is 0 Å². The van der Waals surface area contributed by atoms with E-state index in [1.54, 1.807) is 0 Å². The molecule has 94 valence electrons. The van der Waals surface area contributed by atoms with Gasteiger partial charge < -0.3 is 10.1 Å². The minimum atomic E-state index is 0.423. The van der Waals surface area contributed by atoms with Gasteiger partial charge in [-0.15, -0.1) is 0 Å². The van der Waals surface area contributed by atoms with E-state index in [1.165, 1.54) is 45.1 Å². The first-order chi connectivity index (χ1) is 7.75. The Labute approximate surface area is 100 Å². The highest BCUT2D eigenvalue weighted by atomic mass is 16.5. The van der Waals surface area contributed by atoms with Crippen molar-refractivity contribution in [2.75, 3.05) is 13.2 Å². The third kappa shape index (κ3) is 3.46. The molecule has 0 amide bonds. The zero-order chi connectivity index (χ0) is 11.4. The molecule has 2 atom stereocenters. The van der Waals surface area contributed by atoms with Gasteiger partial charge in [0.1, 0.15) is 0 Å². The summed E-state index contributed by atoms with van der Waals surface area (Å²) < 4.78 is 5.56. The summed E-state index contributed by atoms with van der Waals surface area (Å²) in [5.74, 6) is 1.97. The standard InChI is InChI=1S/C14H27NO/c1-11-3-5-13(6-4-11)7-9-15-14-8-10-16-12(14)2/h11-15H,3-10H2,1-2H3. The van der Waals surface area contributed by atoms with Crippen LogP contribution < -0.4 is 5.32 Å². The molecule has 1 saturated carbocycles. The van der Waals surface area contributed by atoms with Gasteiger partial charge in [-0.3, -0.25) is 0 Å². The van der Waals surface area contributed by atoms with Crippen LogP contribution >= 0.6 is 0 Å². The number of hydrogen-bond acceptors (Lipinski definition) is 2. The summed E-state index contributed by atoms with van der Waals surface area (Å²) in [6.07, 6.45) is 8.81. The lowest BCUT2D eigenvalue weighted by atomic mass is 9.81. The molecule has 2 nitrogen and oxygen atoms in total. The first kappa shape index (κ1) is 12.4. The molecule has 0 radical (unpaired) electrons. The van der Waals surface area contributed by atoms with Crippen LogP contribution in [0.3, 0.4) is 0 Å². The minimum Gasteiger partial charge on any atom is -0.377 e. The van der Waals surface area contributed by atoms with Crippen molar-refractivity contribution >= 4 is 0 Å². The van der Waals surface area contributed by atoms with Gasteiger partial charge in [-0.25, -0.2) is 0 Å². The quantitative estimate of drug-likeness (QED) is 0.794. The van der Waals surface area contributed by atoms with Crippen molar-refractivity contribution in [3.8, 4) is 0 Å². The molecule has 2 fully saturated rings. The van der Waals surface area contributed by atoms with Crippen LogP contribution in [0.4, 0.5) is 0 Å². The molecule has 2 rings (SSSR count). The molecule has 1 aliphatic heterocycles. The van der Waals surface area contributed by atoms with Gasteiger partial charge in [0.2, 0.25) is 0 Å². The molecular weight excluding hydrogens is 198 g/mol. The summed E-state index contributed by atoms with van der Waals surface area (Å²) >= 11 is 0. The fourth-order valence-electron chi connectivity index (χ4n) is 3.09. The maximum atomic E-state index is 5.56. The van der Waals surface area contributed by atoms with E-state index in [9.17, 15) is 0 Å². The van der Waals surface area contributed by atoms with Gasteiger partial charge in [0.15, 0.2) is 0 Å². The van der Waals surface area contributed by atoms with Gasteiger partial charge in [-0.05, 0) is 38.1 Å². The normalized spacial score (nSPS) is 40.1. The second kappa shape index (κ2) is 6.02. The van der Waals surface area contributed by atoms with Gasteiger partial charge >= 0.3 is 0 Å². The van der Waals surface area contributed by atoms with Crippen LogP contribution in [0.25, 0.3) is 0 Å². The largest absolute Gasteiger partial charge is 0.377 e. The highest BCUT2D eigenvalue weighted by Crippen LogP contribution is 2.30. The fraction of sp³-hybridized carbons (Fsp3) is 1.00. The average molecular weight is 225 g/mol. The summed E-state index contributed by atoms with van der Waals surface area (Å²) in [6.45, 7) is 6.72. The van der Waals surface area contributed by atoms with E-state index in [-0.39, 0.29) is 0 Å². The number of rotatable bonds is 4. The molecule has 0 bridgehead atoms. The van der Waals surface area contributed by atoms with Gasteiger partial charge in [0.25, 0.3) is 0 Å². The van der Waals surface area contributed by atoms with Gasteiger partial charge in [-0.2, -0.15) is 0 Å². The third-order valence-electron chi connectivity index (χ3n) is 4.47. The molecule has 0 spiro atoms. The van der Waals surface area contributed by atoms with Crippen LogP contribution in [0.15, 0.2) is 0 Å².